The van der Waals surface area contributed by atoms with Gasteiger partial charge < -0.3 is 0 Å². The molecule has 0 amide bonds. The Morgan fingerprint density at radius 1 is 0.913 bits per heavy atom. The van der Waals surface area contributed by atoms with Crippen molar-refractivity contribution >= 4 is 23.5 Å². The SMILES string of the molecule is O=C(/C=C/c1ccc(Cl)cc1)c1ccc(C2CCCCC2)cc1. The molecule has 0 aliphatic heterocycles. The van der Waals surface area contributed by atoms with Crippen molar-refractivity contribution in [2.24, 2.45) is 0 Å². The number of hydrogen-bond acceptors (Lipinski definition) is 1. The lowest BCUT2D eigenvalue weighted by atomic mass is 9.84. The van der Waals surface area contributed by atoms with Crippen LogP contribution >= 0.6 is 11.6 Å². The topological polar surface area (TPSA) is 17.1 Å². The van der Waals surface area contributed by atoms with Gasteiger partial charge in [0.15, 0.2) is 5.78 Å². The van der Waals surface area contributed by atoms with E-state index in [0.29, 0.717) is 10.9 Å². The summed E-state index contributed by atoms with van der Waals surface area (Å²) < 4.78 is 0. The number of rotatable bonds is 4. The minimum Gasteiger partial charge on any atom is -0.289 e. The molecule has 1 aliphatic rings. The van der Waals surface area contributed by atoms with E-state index < -0.39 is 0 Å². The molecular weight excluding hydrogens is 304 g/mol. The number of allylic oxidation sites excluding steroid dienone is 1. The zero-order chi connectivity index (χ0) is 16.1. The standard InChI is InChI=1S/C21H21ClO/c22-20-13-6-16(7-14-20)8-15-21(23)19-11-9-18(10-12-19)17-4-2-1-3-5-17/h6-15,17H,1-5H2/b15-8+. The lowest BCUT2D eigenvalue weighted by Gasteiger charge is -2.21. The molecule has 1 saturated carbocycles. The molecule has 0 unspecified atom stereocenters. The fourth-order valence-corrected chi connectivity index (χ4v) is 3.32. The Kier molecular flexibility index (Phi) is 5.30. The summed E-state index contributed by atoms with van der Waals surface area (Å²) in [5.41, 5.74) is 3.10. The second-order valence-corrected chi connectivity index (χ2v) is 6.64. The van der Waals surface area contributed by atoms with Crippen molar-refractivity contribution in [1.82, 2.24) is 0 Å². The van der Waals surface area contributed by atoms with Gasteiger partial charge in [0, 0.05) is 10.6 Å². The summed E-state index contributed by atoms with van der Waals surface area (Å²) in [6, 6.07) is 15.6. The van der Waals surface area contributed by atoms with Gasteiger partial charge in [-0.05, 0) is 48.1 Å². The van der Waals surface area contributed by atoms with E-state index >= 15 is 0 Å². The predicted molar refractivity (Wildman–Crippen MR) is 97.1 cm³/mol. The molecule has 0 aromatic heterocycles. The van der Waals surface area contributed by atoms with E-state index in [1.807, 2.05) is 42.5 Å². The Morgan fingerprint density at radius 2 is 1.57 bits per heavy atom. The highest BCUT2D eigenvalue weighted by Gasteiger charge is 2.15. The van der Waals surface area contributed by atoms with Gasteiger partial charge in [-0.1, -0.05) is 73.3 Å². The van der Waals surface area contributed by atoms with Gasteiger partial charge in [0.2, 0.25) is 0 Å². The van der Waals surface area contributed by atoms with Gasteiger partial charge >= 0.3 is 0 Å². The second kappa shape index (κ2) is 7.61. The maximum Gasteiger partial charge on any atom is 0.185 e. The summed E-state index contributed by atoms with van der Waals surface area (Å²) in [5.74, 6) is 0.715. The molecule has 0 atom stereocenters. The van der Waals surface area contributed by atoms with Crippen LogP contribution in [0, 0.1) is 0 Å². The van der Waals surface area contributed by atoms with Crippen molar-refractivity contribution in [3.05, 3.63) is 76.3 Å². The molecule has 2 aromatic carbocycles. The number of carbonyl (C=O) groups is 1. The molecule has 1 aliphatic carbocycles. The fourth-order valence-electron chi connectivity index (χ4n) is 3.20. The van der Waals surface area contributed by atoms with Gasteiger partial charge in [-0.25, -0.2) is 0 Å². The molecule has 0 N–H and O–H groups in total. The minimum absolute atomic E-state index is 0.0372. The van der Waals surface area contributed by atoms with Crippen LogP contribution in [0.25, 0.3) is 6.08 Å². The van der Waals surface area contributed by atoms with Gasteiger partial charge in [-0.15, -0.1) is 0 Å². The summed E-state index contributed by atoms with van der Waals surface area (Å²) in [7, 11) is 0. The highest BCUT2D eigenvalue weighted by atomic mass is 35.5. The largest absolute Gasteiger partial charge is 0.289 e. The minimum atomic E-state index is 0.0372. The Bertz CT molecular complexity index is 677. The number of benzene rings is 2. The van der Waals surface area contributed by atoms with Crippen LogP contribution in [0.2, 0.25) is 5.02 Å². The van der Waals surface area contributed by atoms with Gasteiger partial charge in [-0.3, -0.25) is 4.79 Å². The van der Waals surface area contributed by atoms with E-state index in [2.05, 4.69) is 12.1 Å². The first kappa shape index (κ1) is 16.0. The van der Waals surface area contributed by atoms with Crippen LogP contribution in [-0.2, 0) is 0 Å². The molecular formula is C21H21ClO. The monoisotopic (exact) mass is 324 g/mol. The molecule has 118 valence electrons. The smallest absolute Gasteiger partial charge is 0.185 e. The van der Waals surface area contributed by atoms with Crippen molar-refractivity contribution in [3.8, 4) is 0 Å². The Hall–Kier alpha value is -1.86. The van der Waals surface area contributed by atoms with E-state index in [0.717, 1.165) is 11.1 Å². The normalized spacial score (nSPS) is 15.9. The van der Waals surface area contributed by atoms with E-state index in [1.54, 1.807) is 6.08 Å². The van der Waals surface area contributed by atoms with E-state index in [1.165, 1.54) is 37.7 Å². The molecule has 2 heteroatoms. The summed E-state index contributed by atoms with van der Waals surface area (Å²) in [6.07, 6.45) is 10.0. The highest BCUT2D eigenvalue weighted by Crippen LogP contribution is 2.32. The zero-order valence-electron chi connectivity index (χ0n) is 13.2. The third-order valence-electron chi connectivity index (χ3n) is 4.57. The van der Waals surface area contributed by atoms with Crippen LogP contribution in [0.5, 0.6) is 0 Å². The van der Waals surface area contributed by atoms with Crippen molar-refractivity contribution in [3.63, 3.8) is 0 Å². The first-order chi connectivity index (χ1) is 11.2. The molecule has 0 saturated heterocycles. The quantitative estimate of drug-likeness (QED) is 0.477. The third kappa shape index (κ3) is 4.33. The maximum atomic E-state index is 12.3. The third-order valence-corrected chi connectivity index (χ3v) is 4.82. The molecule has 0 spiro atoms. The molecule has 1 fully saturated rings. The van der Waals surface area contributed by atoms with Crippen molar-refractivity contribution in [2.75, 3.05) is 0 Å². The van der Waals surface area contributed by atoms with Crippen molar-refractivity contribution in [2.45, 2.75) is 38.0 Å². The van der Waals surface area contributed by atoms with Gasteiger partial charge in [0.1, 0.15) is 0 Å². The number of hydrogen-bond donors (Lipinski definition) is 0. The first-order valence-corrected chi connectivity index (χ1v) is 8.68. The molecule has 1 nitrogen and oxygen atoms in total. The van der Waals surface area contributed by atoms with Gasteiger partial charge in [-0.2, -0.15) is 0 Å². The highest BCUT2D eigenvalue weighted by molar-refractivity contribution is 6.30. The van der Waals surface area contributed by atoms with E-state index in [4.69, 9.17) is 11.6 Å². The Morgan fingerprint density at radius 3 is 2.22 bits per heavy atom. The number of ketones is 1. The molecule has 3 rings (SSSR count). The van der Waals surface area contributed by atoms with Crippen molar-refractivity contribution < 1.29 is 4.79 Å². The van der Waals surface area contributed by atoms with Crippen molar-refractivity contribution in [1.29, 1.82) is 0 Å². The number of halogens is 1. The van der Waals surface area contributed by atoms with Crippen LogP contribution in [-0.4, -0.2) is 5.78 Å². The van der Waals surface area contributed by atoms with Crippen LogP contribution < -0.4 is 0 Å². The van der Waals surface area contributed by atoms with E-state index in [9.17, 15) is 4.79 Å². The molecule has 23 heavy (non-hydrogen) atoms. The lowest BCUT2D eigenvalue weighted by Crippen LogP contribution is -2.04. The van der Waals surface area contributed by atoms with Crippen LogP contribution in [0.3, 0.4) is 0 Å². The number of carbonyl (C=O) groups excluding carboxylic acids is 1. The second-order valence-electron chi connectivity index (χ2n) is 6.21. The molecule has 0 radical (unpaired) electrons. The fraction of sp³-hybridized carbons (Fsp3) is 0.286. The van der Waals surface area contributed by atoms with E-state index in [-0.39, 0.29) is 5.78 Å². The summed E-state index contributed by atoms with van der Waals surface area (Å²) in [5, 5.41) is 0.701. The molecule has 2 aromatic rings. The summed E-state index contributed by atoms with van der Waals surface area (Å²) >= 11 is 5.86. The lowest BCUT2D eigenvalue weighted by molar-refractivity contribution is 0.104. The zero-order valence-corrected chi connectivity index (χ0v) is 13.9. The average molecular weight is 325 g/mol. The van der Waals surface area contributed by atoms with Crippen LogP contribution in [0.15, 0.2) is 54.6 Å². The van der Waals surface area contributed by atoms with Gasteiger partial charge in [0.05, 0.1) is 0 Å². The van der Waals surface area contributed by atoms with Crippen LogP contribution in [0.4, 0.5) is 0 Å². The van der Waals surface area contributed by atoms with Crippen LogP contribution in [0.1, 0.15) is 59.5 Å². The maximum absolute atomic E-state index is 12.3. The summed E-state index contributed by atoms with van der Waals surface area (Å²) in [4.78, 5) is 12.3. The summed E-state index contributed by atoms with van der Waals surface area (Å²) in [6.45, 7) is 0. The average Bonchev–Trinajstić information content (AvgIpc) is 2.62. The Balaban J connectivity index is 1.66. The molecule has 0 bridgehead atoms. The first-order valence-electron chi connectivity index (χ1n) is 8.30. The molecule has 0 heterocycles. The Labute approximate surface area is 143 Å². The van der Waals surface area contributed by atoms with Gasteiger partial charge in [0.25, 0.3) is 0 Å². The predicted octanol–water partition coefficient (Wildman–Crippen LogP) is 6.28.